The van der Waals surface area contributed by atoms with Gasteiger partial charge in [0.15, 0.2) is 0 Å². The molecule has 0 bridgehead atoms. The van der Waals surface area contributed by atoms with Gasteiger partial charge in [0.2, 0.25) is 5.91 Å². The van der Waals surface area contributed by atoms with Crippen LogP contribution in [0.5, 0.6) is 0 Å². The summed E-state index contributed by atoms with van der Waals surface area (Å²) in [5.41, 5.74) is 0. The highest BCUT2D eigenvalue weighted by Crippen LogP contribution is 2.19. The van der Waals surface area contributed by atoms with Crippen molar-refractivity contribution in [3.8, 4) is 0 Å². The zero-order valence-corrected chi connectivity index (χ0v) is 59.5. The van der Waals surface area contributed by atoms with E-state index in [0.29, 0.717) is 19.4 Å². The average molecular weight is 1240 g/mol. The maximum atomic E-state index is 12.5. The molecule has 0 rings (SSSR count). The van der Waals surface area contributed by atoms with Gasteiger partial charge in [0, 0.05) is 12.8 Å². The van der Waals surface area contributed by atoms with Gasteiger partial charge in [-0.05, 0) is 89.9 Å². The number of rotatable bonds is 75. The van der Waals surface area contributed by atoms with E-state index >= 15 is 0 Å². The number of hydrogen-bond donors (Lipinski definition) is 3. The van der Waals surface area contributed by atoms with E-state index in [4.69, 9.17) is 4.74 Å². The van der Waals surface area contributed by atoms with Crippen LogP contribution >= 0.6 is 0 Å². The summed E-state index contributed by atoms with van der Waals surface area (Å²) >= 11 is 0. The van der Waals surface area contributed by atoms with E-state index in [1.54, 1.807) is 6.08 Å². The standard InChI is InChI=1S/C82H155NO5/c1-3-5-7-9-11-13-15-17-19-21-23-39-42-46-50-54-58-62-66-70-74-80(85)79(78-84)83-81(86)75-71-67-63-59-55-51-47-43-40-36-34-32-30-28-26-24-25-27-29-31-33-35-37-41-45-49-53-57-61-65-69-73-77-88-82(87)76-72-68-64-60-56-52-48-44-38-22-20-18-16-14-12-10-8-6-4-2/h12,14,18,20,27,29,70,74,79-80,84-85H,3-11,13,15-17,19,21-26,28,30-69,71-73,75-78H2,1-2H3,(H,83,86)/b14-12-,20-18-,29-27-,74-70+. The summed E-state index contributed by atoms with van der Waals surface area (Å²) < 4.78 is 5.51. The molecule has 88 heavy (non-hydrogen) atoms. The zero-order chi connectivity index (χ0) is 63.5. The molecule has 0 radical (unpaired) electrons. The number of nitrogens with one attached hydrogen (secondary N) is 1. The van der Waals surface area contributed by atoms with Gasteiger partial charge in [-0.25, -0.2) is 0 Å². The van der Waals surface area contributed by atoms with Gasteiger partial charge in [-0.1, -0.05) is 383 Å². The molecule has 6 heteroatoms. The number of aliphatic hydroxyl groups excluding tert-OH is 2. The first-order valence-electron chi connectivity index (χ1n) is 39.9. The molecule has 0 spiro atoms. The Morgan fingerprint density at radius 2 is 0.568 bits per heavy atom. The number of aliphatic hydroxyl groups is 2. The zero-order valence-electron chi connectivity index (χ0n) is 59.5. The Kier molecular flexibility index (Phi) is 75.4. The Morgan fingerprint density at radius 3 is 0.898 bits per heavy atom. The highest BCUT2D eigenvalue weighted by Gasteiger charge is 2.18. The van der Waals surface area contributed by atoms with Crippen LogP contribution in [-0.4, -0.2) is 47.4 Å². The van der Waals surface area contributed by atoms with Gasteiger partial charge in [-0.15, -0.1) is 0 Å². The van der Waals surface area contributed by atoms with Gasteiger partial charge in [-0.3, -0.25) is 9.59 Å². The predicted octanol–water partition coefficient (Wildman–Crippen LogP) is 26.4. The Hall–Kier alpha value is -2.18. The van der Waals surface area contributed by atoms with Gasteiger partial charge in [0.05, 0.1) is 25.4 Å². The topological polar surface area (TPSA) is 95.9 Å². The van der Waals surface area contributed by atoms with Gasteiger partial charge < -0.3 is 20.3 Å². The highest BCUT2D eigenvalue weighted by atomic mass is 16.5. The molecule has 518 valence electrons. The van der Waals surface area contributed by atoms with Crippen LogP contribution in [-0.2, 0) is 14.3 Å². The average Bonchev–Trinajstić information content (AvgIpc) is 3.58. The van der Waals surface area contributed by atoms with Gasteiger partial charge >= 0.3 is 5.97 Å². The molecule has 2 unspecified atom stereocenters. The van der Waals surface area contributed by atoms with Crippen molar-refractivity contribution in [1.29, 1.82) is 0 Å². The van der Waals surface area contributed by atoms with E-state index in [1.165, 1.54) is 360 Å². The minimum absolute atomic E-state index is 0.0147. The molecule has 0 aliphatic rings. The summed E-state index contributed by atoms with van der Waals surface area (Å²) in [5, 5.41) is 23.3. The number of amides is 1. The molecule has 3 N–H and O–H groups in total. The molecule has 0 saturated heterocycles. The van der Waals surface area contributed by atoms with Crippen molar-refractivity contribution < 1.29 is 24.5 Å². The van der Waals surface area contributed by atoms with Crippen LogP contribution in [0.4, 0.5) is 0 Å². The molecule has 1 amide bonds. The SMILES string of the molecule is CCCCC/C=C\C/C=C\CCCCCCCCCCCC(=O)OCCCCCCCCCCCCCC/C=C\CCCCCCCCCCCCCCCCCCC(=O)NC(CO)C(O)/C=C/CCCCCCCCCCCCCCCCCCCC. The van der Waals surface area contributed by atoms with E-state index in [2.05, 4.69) is 55.6 Å². The number of carbonyl (C=O) groups is 2. The molecule has 0 fully saturated rings. The third-order valence-electron chi connectivity index (χ3n) is 18.6. The van der Waals surface area contributed by atoms with Gasteiger partial charge in [0.25, 0.3) is 0 Å². The summed E-state index contributed by atoms with van der Waals surface area (Å²) in [4.78, 5) is 24.7. The number of hydrogen-bond acceptors (Lipinski definition) is 5. The number of ether oxygens (including phenoxy) is 1. The van der Waals surface area contributed by atoms with Crippen LogP contribution in [0, 0.1) is 0 Å². The van der Waals surface area contributed by atoms with Crippen molar-refractivity contribution in [1.82, 2.24) is 5.32 Å². The minimum atomic E-state index is -0.844. The normalized spacial score (nSPS) is 12.7. The van der Waals surface area contributed by atoms with E-state index in [-0.39, 0.29) is 18.5 Å². The number of allylic oxidation sites excluding steroid dienone is 7. The van der Waals surface area contributed by atoms with E-state index in [0.717, 1.165) is 51.4 Å². The summed E-state index contributed by atoms with van der Waals surface area (Å²) in [6, 6.07) is -0.627. The first-order valence-corrected chi connectivity index (χ1v) is 39.9. The molecule has 0 saturated carbocycles. The molecule has 0 aromatic heterocycles. The molecule has 0 heterocycles. The van der Waals surface area contributed by atoms with Gasteiger partial charge in [-0.2, -0.15) is 0 Å². The maximum Gasteiger partial charge on any atom is 0.305 e. The van der Waals surface area contributed by atoms with Crippen LogP contribution in [0.25, 0.3) is 0 Å². The van der Waals surface area contributed by atoms with Gasteiger partial charge in [0.1, 0.15) is 0 Å². The third-order valence-corrected chi connectivity index (χ3v) is 18.6. The molecule has 0 aromatic rings. The number of carbonyl (C=O) groups excluding carboxylic acids is 2. The monoisotopic (exact) mass is 1230 g/mol. The smallest absolute Gasteiger partial charge is 0.305 e. The first-order chi connectivity index (χ1) is 43.5. The van der Waals surface area contributed by atoms with Crippen LogP contribution in [0.3, 0.4) is 0 Å². The van der Waals surface area contributed by atoms with Crippen molar-refractivity contribution in [3.05, 3.63) is 48.6 Å². The lowest BCUT2D eigenvalue weighted by molar-refractivity contribution is -0.143. The summed E-state index contributed by atoms with van der Waals surface area (Å²) in [7, 11) is 0. The molecule has 0 aliphatic heterocycles. The molecule has 6 nitrogen and oxygen atoms in total. The second-order valence-corrected chi connectivity index (χ2v) is 27.4. The quantitative estimate of drug-likeness (QED) is 0.0320. The Morgan fingerprint density at radius 1 is 0.318 bits per heavy atom. The van der Waals surface area contributed by atoms with Crippen molar-refractivity contribution in [2.24, 2.45) is 0 Å². The lowest BCUT2D eigenvalue weighted by atomic mass is 10.0. The Labute approximate surface area is 550 Å². The van der Waals surface area contributed by atoms with Crippen LogP contribution in [0.2, 0.25) is 0 Å². The molecular weight excluding hydrogens is 1080 g/mol. The fourth-order valence-corrected chi connectivity index (χ4v) is 12.5. The Balaban J connectivity index is 3.37. The lowest BCUT2D eigenvalue weighted by Gasteiger charge is -2.20. The lowest BCUT2D eigenvalue weighted by Crippen LogP contribution is -2.45. The van der Waals surface area contributed by atoms with Crippen molar-refractivity contribution in [3.63, 3.8) is 0 Å². The van der Waals surface area contributed by atoms with Crippen molar-refractivity contribution in [2.75, 3.05) is 13.2 Å². The third kappa shape index (κ3) is 72.9. The maximum absolute atomic E-state index is 12.5. The first kappa shape index (κ1) is 85.8. The second kappa shape index (κ2) is 77.3. The number of unbranched alkanes of at least 4 members (excludes halogenated alkanes) is 58. The molecule has 0 aliphatic carbocycles. The van der Waals surface area contributed by atoms with Crippen LogP contribution in [0.15, 0.2) is 48.6 Å². The van der Waals surface area contributed by atoms with Crippen LogP contribution < -0.4 is 5.32 Å². The fraction of sp³-hybridized carbons (Fsp3) is 0.878. The largest absolute Gasteiger partial charge is 0.466 e. The molecular formula is C82H155NO5. The van der Waals surface area contributed by atoms with E-state index in [9.17, 15) is 19.8 Å². The fourth-order valence-electron chi connectivity index (χ4n) is 12.5. The second-order valence-electron chi connectivity index (χ2n) is 27.4. The molecule has 0 aromatic carbocycles. The molecule has 2 atom stereocenters. The summed E-state index contributed by atoms with van der Waals surface area (Å²) in [5.74, 6) is -0.0467. The summed E-state index contributed by atoms with van der Waals surface area (Å²) in [6.45, 7) is 4.92. The van der Waals surface area contributed by atoms with Crippen LogP contribution in [0.1, 0.15) is 438 Å². The summed E-state index contributed by atoms with van der Waals surface area (Å²) in [6.07, 6.45) is 102. The minimum Gasteiger partial charge on any atom is -0.466 e. The highest BCUT2D eigenvalue weighted by molar-refractivity contribution is 5.76. The van der Waals surface area contributed by atoms with E-state index in [1.807, 2.05) is 6.08 Å². The Bertz CT molecular complexity index is 1470. The predicted molar refractivity (Wildman–Crippen MR) is 389 cm³/mol. The van der Waals surface area contributed by atoms with Crippen molar-refractivity contribution >= 4 is 11.9 Å². The van der Waals surface area contributed by atoms with Crippen molar-refractivity contribution in [2.45, 2.75) is 450 Å². The number of esters is 1. The van der Waals surface area contributed by atoms with E-state index < -0.39 is 12.1 Å².